The molecule has 0 fully saturated rings. The van der Waals surface area contributed by atoms with Crippen LogP contribution in [0.3, 0.4) is 0 Å². The van der Waals surface area contributed by atoms with E-state index < -0.39 is 0 Å². The molecule has 0 saturated heterocycles. The molecule has 1 atom stereocenters. The highest BCUT2D eigenvalue weighted by molar-refractivity contribution is 5.98. The lowest BCUT2D eigenvalue weighted by Crippen LogP contribution is -2.26. The first-order chi connectivity index (χ1) is 9.74. The fourth-order valence-corrected chi connectivity index (χ4v) is 2.08. The summed E-state index contributed by atoms with van der Waals surface area (Å²) in [4.78, 5) is 16.5. The summed E-state index contributed by atoms with van der Waals surface area (Å²) in [6.45, 7) is 1.92. The Kier molecular flexibility index (Phi) is 3.16. The number of pyridine rings is 1. The van der Waals surface area contributed by atoms with Crippen molar-refractivity contribution < 1.29 is 4.79 Å². The van der Waals surface area contributed by atoms with Crippen molar-refractivity contribution >= 4 is 16.8 Å². The van der Waals surface area contributed by atoms with Crippen molar-refractivity contribution in [3.63, 3.8) is 0 Å². The Labute approximate surface area is 116 Å². The smallest absolute Gasteiger partial charge is 0.251 e. The van der Waals surface area contributed by atoms with Gasteiger partial charge in [-0.1, -0.05) is 6.07 Å². The molecule has 3 aromatic rings. The van der Waals surface area contributed by atoms with Crippen molar-refractivity contribution in [2.75, 3.05) is 0 Å². The van der Waals surface area contributed by atoms with Crippen molar-refractivity contribution in [2.24, 2.45) is 0 Å². The van der Waals surface area contributed by atoms with Crippen LogP contribution in [0.5, 0.6) is 0 Å². The number of fused-ring (bicyclic) bond motifs is 1. The quantitative estimate of drug-likeness (QED) is 0.765. The van der Waals surface area contributed by atoms with Crippen LogP contribution in [0.25, 0.3) is 10.9 Å². The first-order valence-corrected chi connectivity index (χ1v) is 6.38. The molecule has 20 heavy (non-hydrogen) atoms. The number of aromatic nitrogens is 3. The second-order valence-corrected chi connectivity index (χ2v) is 4.64. The van der Waals surface area contributed by atoms with Gasteiger partial charge in [-0.25, -0.2) is 0 Å². The van der Waals surface area contributed by atoms with Crippen molar-refractivity contribution in [1.29, 1.82) is 0 Å². The number of rotatable bonds is 3. The second kappa shape index (κ2) is 5.13. The molecular weight excluding hydrogens is 252 g/mol. The topological polar surface area (TPSA) is 70.7 Å². The third-order valence-electron chi connectivity index (χ3n) is 3.23. The molecule has 3 rings (SSSR count). The highest BCUT2D eigenvalue weighted by Gasteiger charge is 2.12. The molecule has 0 radical (unpaired) electrons. The first-order valence-electron chi connectivity index (χ1n) is 6.38. The van der Waals surface area contributed by atoms with Crippen molar-refractivity contribution in [1.82, 2.24) is 20.5 Å². The van der Waals surface area contributed by atoms with Gasteiger partial charge in [0.25, 0.3) is 5.91 Å². The zero-order valence-corrected chi connectivity index (χ0v) is 11.0. The molecule has 2 aromatic heterocycles. The number of H-pyrrole nitrogens is 1. The Balaban J connectivity index is 1.82. The van der Waals surface area contributed by atoms with E-state index in [1.54, 1.807) is 24.7 Å². The minimum absolute atomic E-state index is 0.0918. The highest BCUT2D eigenvalue weighted by Crippen LogP contribution is 2.15. The van der Waals surface area contributed by atoms with E-state index in [2.05, 4.69) is 20.5 Å². The molecule has 5 heteroatoms. The van der Waals surface area contributed by atoms with Gasteiger partial charge in [-0.15, -0.1) is 0 Å². The van der Waals surface area contributed by atoms with E-state index in [-0.39, 0.29) is 11.9 Å². The van der Waals surface area contributed by atoms with E-state index in [4.69, 9.17) is 0 Å². The van der Waals surface area contributed by atoms with E-state index in [1.165, 1.54) is 0 Å². The molecule has 0 bridgehead atoms. The number of aromatic amines is 1. The van der Waals surface area contributed by atoms with Crippen LogP contribution in [0.2, 0.25) is 0 Å². The van der Waals surface area contributed by atoms with Gasteiger partial charge in [0.2, 0.25) is 0 Å². The Hall–Kier alpha value is -2.69. The minimum Gasteiger partial charge on any atom is -0.345 e. The predicted molar refractivity (Wildman–Crippen MR) is 76.2 cm³/mol. The van der Waals surface area contributed by atoms with Gasteiger partial charge in [0, 0.05) is 28.9 Å². The minimum atomic E-state index is -0.107. The number of hydrogen-bond donors (Lipinski definition) is 2. The molecular formula is C15H14N4O. The zero-order chi connectivity index (χ0) is 13.9. The SMILES string of the molecule is CC(NC(=O)c1ccc2ncccc2c1)c1cn[nH]c1. The normalized spacial score (nSPS) is 12.2. The van der Waals surface area contributed by atoms with Crippen LogP contribution in [0.4, 0.5) is 0 Å². The van der Waals surface area contributed by atoms with Gasteiger partial charge >= 0.3 is 0 Å². The Morgan fingerprint density at radius 2 is 2.25 bits per heavy atom. The number of benzene rings is 1. The summed E-state index contributed by atoms with van der Waals surface area (Å²) in [5.74, 6) is -0.107. The summed E-state index contributed by atoms with van der Waals surface area (Å²) in [6, 6.07) is 9.20. The van der Waals surface area contributed by atoms with Gasteiger partial charge in [0.15, 0.2) is 0 Å². The second-order valence-electron chi connectivity index (χ2n) is 4.64. The maximum Gasteiger partial charge on any atom is 0.251 e. The summed E-state index contributed by atoms with van der Waals surface area (Å²) >= 11 is 0. The van der Waals surface area contributed by atoms with E-state index in [0.717, 1.165) is 16.5 Å². The largest absolute Gasteiger partial charge is 0.345 e. The average molecular weight is 266 g/mol. The highest BCUT2D eigenvalue weighted by atomic mass is 16.1. The van der Waals surface area contributed by atoms with Gasteiger partial charge in [-0.3, -0.25) is 14.9 Å². The lowest BCUT2D eigenvalue weighted by atomic mass is 10.1. The lowest BCUT2D eigenvalue weighted by Gasteiger charge is -2.12. The van der Waals surface area contributed by atoms with Crippen molar-refractivity contribution in [2.45, 2.75) is 13.0 Å². The number of nitrogens with zero attached hydrogens (tertiary/aromatic N) is 2. The van der Waals surface area contributed by atoms with Gasteiger partial charge in [0.1, 0.15) is 0 Å². The van der Waals surface area contributed by atoms with Crippen LogP contribution < -0.4 is 5.32 Å². The van der Waals surface area contributed by atoms with Crippen molar-refractivity contribution in [3.05, 3.63) is 60.0 Å². The number of amides is 1. The van der Waals surface area contributed by atoms with E-state index in [0.29, 0.717) is 5.56 Å². The molecule has 0 aliphatic rings. The molecule has 100 valence electrons. The van der Waals surface area contributed by atoms with Crippen LogP contribution >= 0.6 is 0 Å². The fraction of sp³-hybridized carbons (Fsp3) is 0.133. The van der Waals surface area contributed by atoms with Gasteiger partial charge in [0.05, 0.1) is 17.8 Å². The van der Waals surface area contributed by atoms with Crippen LogP contribution in [-0.2, 0) is 0 Å². The monoisotopic (exact) mass is 266 g/mol. The Bertz CT molecular complexity index is 736. The molecule has 5 nitrogen and oxygen atoms in total. The van der Waals surface area contributed by atoms with Crippen LogP contribution in [-0.4, -0.2) is 21.1 Å². The zero-order valence-electron chi connectivity index (χ0n) is 11.0. The summed E-state index contributed by atoms with van der Waals surface area (Å²) in [5, 5.41) is 10.5. The lowest BCUT2D eigenvalue weighted by molar-refractivity contribution is 0.0940. The summed E-state index contributed by atoms with van der Waals surface area (Å²) in [7, 11) is 0. The average Bonchev–Trinajstić information content (AvgIpc) is 3.01. The third-order valence-corrected chi connectivity index (χ3v) is 3.23. The molecule has 1 amide bonds. The molecule has 0 saturated carbocycles. The van der Waals surface area contributed by atoms with E-state index in [1.807, 2.05) is 31.2 Å². The van der Waals surface area contributed by atoms with Crippen molar-refractivity contribution in [3.8, 4) is 0 Å². The van der Waals surface area contributed by atoms with Gasteiger partial charge in [-0.2, -0.15) is 5.10 Å². The summed E-state index contributed by atoms with van der Waals surface area (Å²) in [6.07, 6.45) is 5.22. The molecule has 2 heterocycles. The van der Waals surface area contributed by atoms with Crippen LogP contribution in [0.15, 0.2) is 48.9 Å². The summed E-state index contributed by atoms with van der Waals surface area (Å²) in [5.41, 5.74) is 2.45. The van der Waals surface area contributed by atoms with E-state index >= 15 is 0 Å². The fourth-order valence-electron chi connectivity index (χ4n) is 2.08. The standard InChI is InChI=1S/C15H14N4O/c1-10(13-8-17-18-9-13)19-15(20)12-4-5-14-11(7-12)3-2-6-16-14/h2-10H,1H3,(H,17,18)(H,19,20). The molecule has 0 aliphatic carbocycles. The molecule has 1 unspecified atom stereocenters. The first kappa shape index (κ1) is 12.3. The van der Waals surface area contributed by atoms with Gasteiger partial charge < -0.3 is 5.32 Å². The number of carbonyl (C=O) groups excluding carboxylic acids is 1. The third kappa shape index (κ3) is 2.38. The molecule has 0 spiro atoms. The number of carbonyl (C=O) groups is 1. The maximum atomic E-state index is 12.2. The Morgan fingerprint density at radius 3 is 3.05 bits per heavy atom. The van der Waals surface area contributed by atoms with Crippen LogP contribution in [0.1, 0.15) is 28.9 Å². The maximum absolute atomic E-state index is 12.2. The molecule has 2 N–H and O–H groups in total. The van der Waals surface area contributed by atoms with Gasteiger partial charge in [-0.05, 0) is 31.2 Å². The Morgan fingerprint density at radius 1 is 1.35 bits per heavy atom. The van der Waals surface area contributed by atoms with Crippen LogP contribution in [0, 0.1) is 0 Å². The molecule has 1 aromatic carbocycles. The predicted octanol–water partition coefficient (Wildman–Crippen LogP) is 2.45. The van der Waals surface area contributed by atoms with E-state index in [9.17, 15) is 4.79 Å². The molecule has 0 aliphatic heterocycles. The number of hydrogen-bond acceptors (Lipinski definition) is 3. The summed E-state index contributed by atoms with van der Waals surface area (Å²) < 4.78 is 0. The number of nitrogens with one attached hydrogen (secondary N) is 2.